The molecule has 1 N–H and O–H groups in total. The van der Waals surface area contributed by atoms with Crippen LogP contribution in [-0.2, 0) is 0 Å². The smallest absolute Gasteiger partial charge is 0.156 e. The molecule has 0 aliphatic heterocycles. The number of para-hydroxylation sites is 1. The van der Waals surface area contributed by atoms with E-state index < -0.39 is 0 Å². The summed E-state index contributed by atoms with van der Waals surface area (Å²) in [5, 5.41) is 11.2. The zero-order valence-corrected chi connectivity index (χ0v) is 19.7. The molecule has 3 heterocycles. The molecule has 0 aliphatic rings. The minimum Gasteiger partial charge on any atom is -0.506 e. The molecule has 2 aromatic carbocycles. The van der Waals surface area contributed by atoms with E-state index in [4.69, 9.17) is 15.0 Å². The second kappa shape index (κ2) is 10.1. The number of aliphatic imine (C=N–C) groups is 1. The highest BCUT2D eigenvalue weighted by atomic mass is 16.3. The molecule has 0 atom stereocenters. The second-order valence-corrected chi connectivity index (χ2v) is 8.20. The van der Waals surface area contributed by atoms with Crippen molar-refractivity contribution in [3.63, 3.8) is 0 Å². The fourth-order valence-corrected chi connectivity index (χ4v) is 3.89. The van der Waals surface area contributed by atoms with Gasteiger partial charge in [0.25, 0.3) is 0 Å². The van der Waals surface area contributed by atoms with Gasteiger partial charge in [0.05, 0.1) is 17.1 Å². The summed E-state index contributed by atoms with van der Waals surface area (Å²) in [7, 11) is 0. The standard InChI is InChI=1S/C30H23N5O/c1-20(7-5-15-31-2)30-34-26(18-27(35-30)24-11-6-16-32-19-24)23-10-3-9-22(17-23)25-14-13-21-8-4-12-28(36)29(21)33-25/h3-19,36H,2H2,1H3/b15-5-,20-7+. The molecule has 174 valence electrons. The number of aromatic hydroxyl groups is 1. The maximum absolute atomic E-state index is 10.3. The highest BCUT2D eigenvalue weighted by molar-refractivity contribution is 5.87. The van der Waals surface area contributed by atoms with Gasteiger partial charge < -0.3 is 5.11 Å². The number of aromatic nitrogens is 4. The van der Waals surface area contributed by atoms with E-state index in [9.17, 15) is 5.11 Å². The molecule has 0 spiro atoms. The maximum Gasteiger partial charge on any atom is 0.156 e. The molecule has 0 saturated heterocycles. The molecule has 0 unspecified atom stereocenters. The van der Waals surface area contributed by atoms with Crippen molar-refractivity contribution in [2.75, 3.05) is 0 Å². The van der Waals surface area contributed by atoms with Crippen LogP contribution < -0.4 is 0 Å². The van der Waals surface area contributed by atoms with E-state index in [-0.39, 0.29) is 5.75 Å². The van der Waals surface area contributed by atoms with Gasteiger partial charge in [-0.3, -0.25) is 9.98 Å². The Hall–Kier alpha value is -4.97. The van der Waals surface area contributed by atoms with Crippen LogP contribution in [0.3, 0.4) is 0 Å². The number of phenols is 1. The average molecular weight is 470 g/mol. The Balaban J connectivity index is 1.62. The first-order valence-corrected chi connectivity index (χ1v) is 11.4. The topological polar surface area (TPSA) is 84.2 Å². The Kier molecular flexibility index (Phi) is 6.40. The van der Waals surface area contributed by atoms with Crippen molar-refractivity contribution in [1.29, 1.82) is 0 Å². The van der Waals surface area contributed by atoms with Crippen LogP contribution >= 0.6 is 0 Å². The van der Waals surface area contributed by atoms with Crippen LogP contribution in [0.2, 0.25) is 0 Å². The zero-order chi connectivity index (χ0) is 24.9. The van der Waals surface area contributed by atoms with Gasteiger partial charge in [-0.1, -0.05) is 42.5 Å². The Labute approximate surface area is 209 Å². The lowest BCUT2D eigenvalue weighted by molar-refractivity contribution is 0.480. The Morgan fingerprint density at radius 2 is 1.58 bits per heavy atom. The van der Waals surface area contributed by atoms with Crippen LogP contribution in [0, 0.1) is 0 Å². The third-order valence-electron chi connectivity index (χ3n) is 5.73. The fourth-order valence-electron chi connectivity index (χ4n) is 3.89. The molecule has 0 aliphatic carbocycles. The van der Waals surface area contributed by atoms with Gasteiger partial charge in [-0.25, -0.2) is 15.0 Å². The lowest BCUT2D eigenvalue weighted by Gasteiger charge is -2.10. The van der Waals surface area contributed by atoms with Gasteiger partial charge >= 0.3 is 0 Å². The first-order valence-electron chi connectivity index (χ1n) is 11.4. The van der Waals surface area contributed by atoms with E-state index >= 15 is 0 Å². The quantitative estimate of drug-likeness (QED) is 0.220. The van der Waals surface area contributed by atoms with Gasteiger partial charge in [-0.15, -0.1) is 0 Å². The van der Waals surface area contributed by atoms with E-state index in [0.29, 0.717) is 11.3 Å². The predicted octanol–water partition coefficient (Wildman–Crippen LogP) is 6.74. The summed E-state index contributed by atoms with van der Waals surface area (Å²) < 4.78 is 0. The van der Waals surface area contributed by atoms with Gasteiger partial charge in [0.15, 0.2) is 5.82 Å². The molecule has 0 saturated carbocycles. The normalized spacial score (nSPS) is 11.8. The van der Waals surface area contributed by atoms with E-state index in [1.807, 2.05) is 85.8 Å². The van der Waals surface area contributed by atoms with Crippen molar-refractivity contribution in [2.24, 2.45) is 4.99 Å². The summed E-state index contributed by atoms with van der Waals surface area (Å²) >= 11 is 0. The lowest BCUT2D eigenvalue weighted by atomic mass is 10.0. The third-order valence-corrected chi connectivity index (χ3v) is 5.73. The summed E-state index contributed by atoms with van der Waals surface area (Å²) in [4.78, 5) is 22.4. The van der Waals surface area contributed by atoms with Gasteiger partial charge in [0.2, 0.25) is 0 Å². The first-order chi connectivity index (χ1) is 17.6. The number of hydrogen-bond acceptors (Lipinski definition) is 6. The highest BCUT2D eigenvalue weighted by Gasteiger charge is 2.12. The van der Waals surface area contributed by atoms with Crippen molar-refractivity contribution in [3.05, 3.63) is 109 Å². The maximum atomic E-state index is 10.3. The van der Waals surface area contributed by atoms with E-state index in [2.05, 4.69) is 16.7 Å². The highest BCUT2D eigenvalue weighted by Crippen LogP contribution is 2.30. The van der Waals surface area contributed by atoms with Gasteiger partial charge in [0, 0.05) is 40.7 Å². The Morgan fingerprint density at radius 3 is 2.36 bits per heavy atom. The number of fused-ring (bicyclic) bond motifs is 1. The summed E-state index contributed by atoms with van der Waals surface area (Å²) in [6, 6.07) is 23.2. The fraction of sp³-hybridized carbons (Fsp3) is 0.0333. The summed E-state index contributed by atoms with van der Waals surface area (Å²) in [6.45, 7) is 5.43. The van der Waals surface area contributed by atoms with E-state index in [1.54, 1.807) is 24.7 Å². The molecule has 36 heavy (non-hydrogen) atoms. The molecule has 3 aromatic heterocycles. The van der Waals surface area contributed by atoms with E-state index in [1.165, 1.54) is 0 Å². The number of allylic oxidation sites excluding steroid dienone is 3. The SMILES string of the molecule is C=N/C=C\C=C(/C)c1nc(-c2cccnc2)cc(-c2cccc(-c3ccc4cccc(O)c4n3)c2)n1. The molecule has 5 rings (SSSR count). The molecular formula is C30H23N5O. The minimum atomic E-state index is 0.162. The lowest BCUT2D eigenvalue weighted by Crippen LogP contribution is -1.98. The number of phenolic OH excluding ortho intramolecular Hbond substituents is 1. The molecule has 6 nitrogen and oxygen atoms in total. The van der Waals surface area contributed by atoms with Crippen molar-refractivity contribution >= 4 is 23.2 Å². The van der Waals surface area contributed by atoms with Gasteiger partial charge in [-0.2, -0.15) is 0 Å². The summed E-state index contributed by atoms with van der Waals surface area (Å²) in [5.74, 6) is 0.772. The zero-order valence-electron chi connectivity index (χ0n) is 19.7. The van der Waals surface area contributed by atoms with Crippen LogP contribution in [0.25, 0.3) is 50.2 Å². The number of nitrogens with zero attached hydrogens (tertiary/aromatic N) is 5. The second-order valence-electron chi connectivity index (χ2n) is 8.20. The number of pyridine rings is 2. The molecule has 0 fully saturated rings. The van der Waals surface area contributed by atoms with Crippen LogP contribution in [0.1, 0.15) is 12.7 Å². The average Bonchev–Trinajstić information content (AvgIpc) is 2.93. The molecule has 0 radical (unpaired) electrons. The van der Waals surface area contributed by atoms with Crippen LogP contribution in [0.15, 0.2) is 109 Å². The number of rotatable bonds is 6. The first kappa shape index (κ1) is 22.8. The third kappa shape index (κ3) is 4.79. The monoisotopic (exact) mass is 469 g/mol. The molecular weight excluding hydrogens is 446 g/mol. The van der Waals surface area contributed by atoms with Crippen molar-refractivity contribution < 1.29 is 5.11 Å². The van der Waals surface area contributed by atoms with E-state index in [0.717, 1.165) is 44.7 Å². The van der Waals surface area contributed by atoms with Crippen molar-refractivity contribution in [3.8, 4) is 39.5 Å². The largest absolute Gasteiger partial charge is 0.506 e. The Morgan fingerprint density at radius 1 is 0.833 bits per heavy atom. The van der Waals surface area contributed by atoms with Gasteiger partial charge in [-0.05, 0) is 61.7 Å². The number of benzene rings is 2. The van der Waals surface area contributed by atoms with Crippen molar-refractivity contribution in [1.82, 2.24) is 19.9 Å². The summed E-state index contributed by atoms with van der Waals surface area (Å²) in [5.41, 5.74) is 6.55. The molecule has 6 heteroatoms. The predicted molar refractivity (Wildman–Crippen MR) is 145 cm³/mol. The molecule has 5 aromatic rings. The molecule has 0 bridgehead atoms. The van der Waals surface area contributed by atoms with Crippen LogP contribution in [-0.4, -0.2) is 31.8 Å². The number of hydrogen-bond donors (Lipinski definition) is 1. The van der Waals surface area contributed by atoms with Gasteiger partial charge in [0.1, 0.15) is 11.3 Å². The Bertz CT molecular complexity index is 1620. The van der Waals surface area contributed by atoms with Crippen LogP contribution in [0.4, 0.5) is 0 Å². The summed E-state index contributed by atoms with van der Waals surface area (Å²) in [6.07, 6.45) is 8.86. The minimum absolute atomic E-state index is 0.162. The molecule has 0 amide bonds. The van der Waals surface area contributed by atoms with Crippen LogP contribution in [0.5, 0.6) is 5.75 Å². The van der Waals surface area contributed by atoms with Crippen molar-refractivity contribution in [2.45, 2.75) is 6.92 Å².